The number of hydrogen-bond acceptors (Lipinski definition) is 3. The molecule has 4 nitrogen and oxygen atoms in total. The summed E-state index contributed by atoms with van der Waals surface area (Å²) >= 11 is 16.0. The molecule has 0 aliphatic carbocycles. The Morgan fingerprint density at radius 2 is 1.93 bits per heavy atom. The number of ether oxygens (including phenoxy) is 1. The molecular formula is C8H12Cl3NO3. The summed E-state index contributed by atoms with van der Waals surface area (Å²) in [6.07, 6.45) is 1.12. The van der Waals surface area contributed by atoms with Crippen molar-refractivity contribution in [2.75, 3.05) is 7.11 Å². The Hall–Kier alpha value is -0.190. The normalized spacial score (nSPS) is 13.1. The number of halogens is 3. The highest BCUT2D eigenvalue weighted by Gasteiger charge is 2.33. The van der Waals surface area contributed by atoms with Crippen LogP contribution in [-0.4, -0.2) is 28.8 Å². The summed E-state index contributed by atoms with van der Waals surface area (Å²) in [7, 11) is 1.23. The summed E-state index contributed by atoms with van der Waals surface area (Å²) in [5.74, 6) is -1.39. The zero-order valence-electron chi connectivity index (χ0n) is 8.35. The fourth-order valence-electron chi connectivity index (χ4n) is 0.920. The molecule has 15 heavy (non-hydrogen) atoms. The van der Waals surface area contributed by atoms with Crippen LogP contribution in [0.2, 0.25) is 0 Å². The van der Waals surface area contributed by atoms with E-state index in [1.165, 1.54) is 7.11 Å². The molecule has 0 aliphatic rings. The Balaban J connectivity index is 4.42. The monoisotopic (exact) mass is 275 g/mol. The standard InChI is InChI=1S/C8H12Cl3NO3/c1-3-4-5(6(13)15-2)12-7(14)8(9,10)11/h5H,3-4H2,1-2H3,(H,12,14)/t5-/m1/s1. The molecule has 0 fully saturated rings. The molecule has 0 aromatic heterocycles. The Bertz CT molecular complexity index is 240. The third-order valence-corrected chi connectivity index (χ3v) is 2.14. The molecule has 0 radical (unpaired) electrons. The first-order valence-electron chi connectivity index (χ1n) is 4.28. The molecule has 0 aliphatic heterocycles. The van der Waals surface area contributed by atoms with Gasteiger partial charge < -0.3 is 10.1 Å². The van der Waals surface area contributed by atoms with E-state index in [0.717, 1.165) is 0 Å². The molecule has 0 saturated heterocycles. The minimum Gasteiger partial charge on any atom is -0.467 e. The topological polar surface area (TPSA) is 55.4 Å². The van der Waals surface area contributed by atoms with Crippen LogP contribution in [0, 0.1) is 0 Å². The Morgan fingerprint density at radius 1 is 1.40 bits per heavy atom. The molecule has 0 saturated carbocycles. The molecule has 1 atom stereocenters. The van der Waals surface area contributed by atoms with Gasteiger partial charge in [0.1, 0.15) is 6.04 Å². The zero-order chi connectivity index (χ0) is 12.1. The van der Waals surface area contributed by atoms with Crippen molar-refractivity contribution in [3.63, 3.8) is 0 Å². The minimum atomic E-state index is -2.07. The van der Waals surface area contributed by atoms with Gasteiger partial charge in [-0.15, -0.1) is 0 Å². The minimum absolute atomic E-state index is 0.430. The van der Waals surface area contributed by atoms with Crippen LogP contribution in [0.4, 0.5) is 0 Å². The maximum absolute atomic E-state index is 11.3. The summed E-state index contributed by atoms with van der Waals surface area (Å²) in [4.78, 5) is 22.5. The van der Waals surface area contributed by atoms with Crippen molar-refractivity contribution >= 4 is 46.7 Å². The van der Waals surface area contributed by atoms with E-state index in [1.807, 2.05) is 6.92 Å². The van der Waals surface area contributed by atoms with Crippen molar-refractivity contribution in [3.8, 4) is 0 Å². The molecule has 0 aromatic rings. The number of nitrogens with one attached hydrogen (secondary N) is 1. The van der Waals surface area contributed by atoms with Crippen molar-refractivity contribution in [2.24, 2.45) is 0 Å². The zero-order valence-corrected chi connectivity index (χ0v) is 10.6. The number of amides is 1. The van der Waals surface area contributed by atoms with Gasteiger partial charge in [0.05, 0.1) is 7.11 Å². The van der Waals surface area contributed by atoms with Gasteiger partial charge in [-0.2, -0.15) is 0 Å². The fourth-order valence-corrected chi connectivity index (χ4v) is 1.08. The average Bonchev–Trinajstić information content (AvgIpc) is 2.14. The van der Waals surface area contributed by atoms with E-state index in [0.29, 0.717) is 12.8 Å². The smallest absolute Gasteiger partial charge is 0.328 e. The molecule has 0 spiro atoms. The number of carbonyl (C=O) groups is 2. The lowest BCUT2D eigenvalue weighted by molar-refractivity contribution is -0.145. The molecule has 1 N–H and O–H groups in total. The van der Waals surface area contributed by atoms with E-state index >= 15 is 0 Å². The highest BCUT2D eigenvalue weighted by Crippen LogP contribution is 2.26. The molecule has 0 heterocycles. The van der Waals surface area contributed by atoms with E-state index in [4.69, 9.17) is 34.8 Å². The summed E-state index contributed by atoms with van der Waals surface area (Å²) in [5.41, 5.74) is 0. The van der Waals surface area contributed by atoms with Crippen LogP contribution >= 0.6 is 34.8 Å². The Kier molecular flexibility index (Phi) is 6.32. The van der Waals surface area contributed by atoms with Crippen LogP contribution in [0.15, 0.2) is 0 Å². The van der Waals surface area contributed by atoms with Gasteiger partial charge in [0.15, 0.2) is 0 Å². The maximum atomic E-state index is 11.3. The Labute approximate surface area is 103 Å². The van der Waals surface area contributed by atoms with Crippen molar-refractivity contribution in [1.29, 1.82) is 0 Å². The molecule has 7 heteroatoms. The molecular weight excluding hydrogens is 264 g/mol. The summed E-state index contributed by atoms with van der Waals surface area (Å²) in [6.45, 7) is 1.86. The lowest BCUT2D eigenvalue weighted by Gasteiger charge is -2.18. The lowest BCUT2D eigenvalue weighted by atomic mass is 10.1. The maximum Gasteiger partial charge on any atom is 0.328 e. The third kappa shape index (κ3) is 5.44. The van der Waals surface area contributed by atoms with Gasteiger partial charge in [-0.25, -0.2) is 4.79 Å². The molecule has 1 amide bonds. The molecule has 0 bridgehead atoms. The molecule has 0 rings (SSSR count). The van der Waals surface area contributed by atoms with E-state index in [2.05, 4.69) is 10.1 Å². The van der Waals surface area contributed by atoms with Crippen LogP contribution in [0.3, 0.4) is 0 Å². The first-order valence-corrected chi connectivity index (χ1v) is 5.41. The third-order valence-electron chi connectivity index (χ3n) is 1.63. The van der Waals surface area contributed by atoms with Crippen LogP contribution in [0.1, 0.15) is 19.8 Å². The summed E-state index contributed by atoms with van der Waals surface area (Å²) in [5, 5.41) is 2.30. The second-order valence-electron chi connectivity index (χ2n) is 2.84. The van der Waals surface area contributed by atoms with Crippen LogP contribution in [0.5, 0.6) is 0 Å². The molecule has 88 valence electrons. The van der Waals surface area contributed by atoms with Gasteiger partial charge in [-0.3, -0.25) is 4.79 Å². The Morgan fingerprint density at radius 3 is 2.27 bits per heavy atom. The van der Waals surface area contributed by atoms with Gasteiger partial charge in [-0.1, -0.05) is 48.1 Å². The van der Waals surface area contributed by atoms with Gasteiger partial charge in [0.2, 0.25) is 0 Å². The van der Waals surface area contributed by atoms with E-state index in [9.17, 15) is 9.59 Å². The van der Waals surface area contributed by atoms with Gasteiger partial charge in [-0.05, 0) is 6.42 Å². The van der Waals surface area contributed by atoms with Gasteiger partial charge in [0, 0.05) is 0 Å². The van der Waals surface area contributed by atoms with Crippen LogP contribution < -0.4 is 5.32 Å². The molecule has 0 aromatic carbocycles. The summed E-state index contributed by atoms with van der Waals surface area (Å²) < 4.78 is 2.43. The average molecular weight is 277 g/mol. The number of rotatable bonds is 4. The molecule has 0 unspecified atom stereocenters. The number of methoxy groups -OCH3 is 1. The van der Waals surface area contributed by atoms with E-state index in [1.54, 1.807) is 0 Å². The van der Waals surface area contributed by atoms with Crippen LogP contribution in [0.25, 0.3) is 0 Å². The highest BCUT2D eigenvalue weighted by molar-refractivity contribution is 6.76. The SMILES string of the molecule is CCC[C@@H](NC(=O)C(Cl)(Cl)Cl)C(=O)OC. The van der Waals surface area contributed by atoms with E-state index in [-0.39, 0.29) is 0 Å². The van der Waals surface area contributed by atoms with Crippen molar-refractivity contribution < 1.29 is 14.3 Å². The highest BCUT2D eigenvalue weighted by atomic mass is 35.6. The van der Waals surface area contributed by atoms with Gasteiger partial charge in [0.25, 0.3) is 9.70 Å². The first-order chi connectivity index (χ1) is 6.82. The predicted octanol–water partition coefficient (Wildman–Crippen LogP) is 1.81. The second-order valence-corrected chi connectivity index (χ2v) is 5.12. The number of esters is 1. The number of carbonyl (C=O) groups excluding carboxylic acids is 2. The van der Waals surface area contributed by atoms with Crippen molar-refractivity contribution in [2.45, 2.75) is 29.6 Å². The van der Waals surface area contributed by atoms with Gasteiger partial charge >= 0.3 is 5.97 Å². The van der Waals surface area contributed by atoms with Crippen molar-refractivity contribution in [3.05, 3.63) is 0 Å². The summed E-state index contributed by atoms with van der Waals surface area (Å²) in [6, 6.07) is -0.775. The fraction of sp³-hybridized carbons (Fsp3) is 0.750. The number of alkyl halides is 3. The first kappa shape index (κ1) is 14.8. The van der Waals surface area contributed by atoms with Crippen molar-refractivity contribution in [1.82, 2.24) is 5.32 Å². The van der Waals surface area contributed by atoms with Crippen LogP contribution in [-0.2, 0) is 14.3 Å². The quantitative estimate of drug-likeness (QED) is 0.629. The predicted molar refractivity (Wildman–Crippen MR) is 59.1 cm³/mol. The van der Waals surface area contributed by atoms with E-state index < -0.39 is 21.7 Å². The largest absolute Gasteiger partial charge is 0.467 e. The second kappa shape index (κ2) is 6.40. The number of hydrogen-bond donors (Lipinski definition) is 1. The lowest BCUT2D eigenvalue weighted by Crippen LogP contribution is -2.46.